The van der Waals surface area contributed by atoms with Crippen molar-refractivity contribution < 1.29 is 38.7 Å². The quantitative estimate of drug-likeness (QED) is 0.509. The van der Waals surface area contributed by atoms with E-state index in [0.717, 1.165) is 0 Å². The van der Waals surface area contributed by atoms with Crippen molar-refractivity contribution >= 4 is 11.6 Å². The molecule has 8 rings (SSSR count). The number of Topliss-reactive ketones (excluding diaryl/α,β-unsaturated/α-hetero) is 2. The van der Waals surface area contributed by atoms with Gasteiger partial charge in [-0.05, 0) is 19.4 Å². The Kier molecular flexibility index (Phi) is 2.67. The van der Waals surface area contributed by atoms with Crippen LogP contribution in [0.25, 0.3) is 0 Å². The first-order valence-electron chi connectivity index (χ1n) is 9.90. The zero-order chi connectivity index (χ0) is 19.3. The summed E-state index contributed by atoms with van der Waals surface area (Å²) in [5, 5.41) is 21.8. The van der Waals surface area contributed by atoms with Crippen molar-refractivity contribution in [3.8, 4) is 0 Å². The second-order valence-corrected chi connectivity index (χ2v) is 9.09. The molecule has 3 saturated heterocycles. The van der Waals surface area contributed by atoms with Gasteiger partial charge < -0.3 is 29.2 Å². The minimum atomic E-state index is -1.19. The highest BCUT2D eigenvalue weighted by molar-refractivity contribution is 6.06. The molecule has 2 N–H and O–H groups in total. The monoisotopic (exact) mass is 388 g/mol. The third kappa shape index (κ3) is 1.47. The zero-order valence-corrected chi connectivity index (χ0v) is 15.3. The molecular weight excluding hydrogens is 368 g/mol. The Balaban J connectivity index is 1.52. The lowest BCUT2D eigenvalue weighted by atomic mass is 9.45. The Hall–Kier alpha value is -1.58. The molecule has 4 fully saturated rings. The number of carbonyl (C=O) groups excluding carboxylic acids is 2. The van der Waals surface area contributed by atoms with Gasteiger partial charge in [0.25, 0.3) is 0 Å². The van der Waals surface area contributed by atoms with Gasteiger partial charge in [0.2, 0.25) is 0 Å². The highest BCUT2D eigenvalue weighted by Gasteiger charge is 2.78. The predicted molar refractivity (Wildman–Crippen MR) is 88.8 cm³/mol. The molecule has 3 aliphatic carbocycles. The molecule has 5 heterocycles. The van der Waals surface area contributed by atoms with Crippen LogP contribution in [0.3, 0.4) is 0 Å². The van der Waals surface area contributed by atoms with E-state index in [-0.39, 0.29) is 29.7 Å². The molecule has 0 amide bonds. The first kappa shape index (κ1) is 16.2. The Morgan fingerprint density at radius 3 is 2.46 bits per heavy atom. The fourth-order valence-electron chi connectivity index (χ4n) is 6.86. The molecule has 12 atom stereocenters. The number of carbonyl (C=O) groups is 2. The van der Waals surface area contributed by atoms with Gasteiger partial charge in [0.1, 0.15) is 36.6 Å². The van der Waals surface area contributed by atoms with E-state index in [1.807, 2.05) is 13.8 Å². The largest absolute Gasteiger partial charge is 0.498 e. The molecule has 28 heavy (non-hydrogen) atoms. The van der Waals surface area contributed by atoms with Gasteiger partial charge in [0.15, 0.2) is 11.6 Å². The van der Waals surface area contributed by atoms with Crippen molar-refractivity contribution in [2.45, 2.75) is 68.8 Å². The third-order valence-electron chi connectivity index (χ3n) is 8.00. The number of ketones is 2. The molecule has 8 heteroatoms. The van der Waals surface area contributed by atoms with E-state index >= 15 is 0 Å². The fraction of sp³-hybridized carbons (Fsp3) is 0.700. The fourth-order valence-corrected chi connectivity index (χ4v) is 6.86. The third-order valence-corrected chi connectivity index (χ3v) is 8.00. The normalized spacial score (nSPS) is 60.0. The van der Waals surface area contributed by atoms with Gasteiger partial charge in [0.05, 0.1) is 30.0 Å². The van der Waals surface area contributed by atoms with Gasteiger partial charge in [-0.2, -0.15) is 0 Å². The summed E-state index contributed by atoms with van der Waals surface area (Å²) in [6.07, 6.45) is -4.40. The number of hydrogen-bond donors (Lipinski definition) is 2. The van der Waals surface area contributed by atoms with E-state index in [1.54, 1.807) is 0 Å². The highest BCUT2D eigenvalue weighted by atomic mass is 16.6. The Morgan fingerprint density at radius 1 is 0.964 bits per heavy atom. The second kappa shape index (κ2) is 4.60. The van der Waals surface area contributed by atoms with Gasteiger partial charge in [0, 0.05) is 23.0 Å². The standard InChI is InChI=1S/C20H20O8/c1-4-7-8-9(13(23)16-15(27-16)12(8)22)19(26-4)20-6(3-25-5(2)10(7)20)11(21)14-17(28-14)18(20)24/h3-5,7,10-11,13-17,19,21,23H,1-2H3/t4-,5+,7+,10?,11-,13-,14+,15-,16+,17+,19-,20-/m1/s1. The Labute approximate surface area is 160 Å². The summed E-state index contributed by atoms with van der Waals surface area (Å²) in [6.45, 7) is 3.77. The van der Waals surface area contributed by atoms with Crippen LogP contribution in [0.4, 0.5) is 0 Å². The van der Waals surface area contributed by atoms with Crippen LogP contribution < -0.4 is 0 Å². The molecule has 0 aromatic carbocycles. The highest BCUT2D eigenvalue weighted by Crippen LogP contribution is 2.67. The summed E-state index contributed by atoms with van der Waals surface area (Å²) >= 11 is 0. The number of ether oxygens (including phenoxy) is 4. The lowest BCUT2D eigenvalue weighted by Crippen LogP contribution is -2.72. The van der Waals surface area contributed by atoms with Crippen molar-refractivity contribution in [2.24, 2.45) is 17.3 Å². The first-order chi connectivity index (χ1) is 13.4. The van der Waals surface area contributed by atoms with E-state index in [4.69, 9.17) is 18.9 Å². The van der Waals surface area contributed by atoms with Crippen LogP contribution >= 0.6 is 0 Å². The number of hydrogen-bond acceptors (Lipinski definition) is 8. The maximum atomic E-state index is 13.7. The number of aliphatic hydroxyl groups excluding tert-OH is 2. The van der Waals surface area contributed by atoms with Crippen LogP contribution in [-0.2, 0) is 28.5 Å². The number of aliphatic hydroxyl groups is 2. The summed E-state index contributed by atoms with van der Waals surface area (Å²) < 4.78 is 23.1. The van der Waals surface area contributed by atoms with Crippen LogP contribution in [0, 0.1) is 17.3 Å². The molecule has 0 radical (unpaired) electrons. The van der Waals surface area contributed by atoms with Crippen molar-refractivity contribution in [3.63, 3.8) is 0 Å². The topological polar surface area (TPSA) is 118 Å². The average molecular weight is 388 g/mol. The lowest BCUT2D eigenvalue weighted by molar-refractivity contribution is -0.210. The van der Waals surface area contributed by atoms with E-state index < -0.39 is 54.1 Å². The molecule has 8 nitrogen and oxygen atoms in total. The SMILES string of the molecule is C[C@@H]1OC=C2[C@@H](O)[C@@H]3O[C@@H]3C(=O)[C@]23C1[C@@H]1C2=C([C@@H](O)[C@@H]4O[C@@H]4C2=O)[C@H]3O[C@@H]1C. The summed E-state index contributed by atoms with van der Waals surface area (Å²) in [4.78, 5) is 26.7. The number of epoxide rings is 2. The Morgan fingerprint density at radius 2 is 1.68 bits per heavy atom. The Bertz CT molecular complexity index is 921. The summed E-state index contributed by atoms with van der Waals surface area (Å²) in [7, 11) is 0. The smallest absolute Gasteiger partial charge is 0.190 e. The molecule has 2 bridgehead atoms. The summed E-state index contributed by atoms with van der Waals surface area (Å²) in [5.41, 5.74) is 0.269. The molecule has 8 aliphatic rings. The van der Waals surface area contributed by atoms with E-state index in [1.165, 1.54) is 6.26 Å². The maximum absolute atomic E-state index is 13.7. The molecule has 5 aliphatic heterocycles. The van der Waals surface area contributed by atoms with Crippen LogP contribution in [0.1, 0.15) is 13.8 Å². The van der Waals surface area contributed by atoms with Crippen molar-refractivity contribution in [3.05, 3.63) is 23.0 Å². The van der Waals surface area contributed by atoms with Crippen molar-refractivity contribution in [2.75, 3.05) is 0 Å². The number of fused-ring (bicyclic) bond motifs is 3. The minimum Gasteiger partial charge on any atom is -0.498 e. The molecule has 0 aromatic heterocycles. The molecular formula is C20H20O8. The van der Waals surface area contributed by atoms with Crippen molar-refractivity contribution in [1.29, 1.82) is 0 Å². The van der Waals surface area contributed by atoms with Gasteiger partial charge in [-0.15, -0.1) is 0 Å². The zero-order valence-electron chi connectivity index (χ0n) is 15.3. The molecule has 1 unspecified atom stereocenters. The minimum absolute atomic E-state index is 0.113. The number of rotatable bonds is 0. The van der Waals surface area contributed by atoms with Gasteiger partial charge in [-0.3, -0.25) is 9.59 Å². The van der Waals surface area contributed by atoms with Crippen LogP contribution in [0.5, 0.6) is 0 Å². The van der Waals surface area contributed by atoms with Crippen molar-refractivity contribution in [1.82, 2.24) is 0 Å². The summed E-state index contributed by atoms with van der Waals surface area (Å²) in [5.74, 6) is -1.05. The molecule has 148 valence electrons. The van der Waals surface area contributed by atoms with Gasteiger partial charge in [-0.25, -0.2) is 0 Å². The van der Waals surface area contributed by atoms with Gasteiger partial charge >= 0.3 is 0 Å². The second-order valence-electron chi connectivity index (χ2n) is 9.09. The molecule has 0 aromatic rings. The van der Waals surface area contributed by atoms with E-state index in [9.17, 15) is 19.8 Å². The first-order valence-corrected chi connectivity index (χ1v) is 9.90. The summed E-state index contributed by atoms with van der Waals surface area (Å²) in [6, 6.07) is 0. The van der Waals surface area contributed by atoms with Crippen LogP contribution in [0.2, 0.25) is 0 Å². The molecule has 1 saturated carbocycles. The van der Waals surface area contributed by atoms with E-state index in [0.29, 0.717) is 16.7 Å². The maximum Gasteiger partial charge on any atom is 0.190 e. The molecule has 1 spiro atoms. The van der Waals surface area contributed by atoms with Crippen LogP contribution in [-0.4, -0.2) is 76.7 Å². The van der Waals surface area contributed by atoms with Crippen LogP contribution in [0.15, 0.2) is 23.0 Å². The average Bonchev–Trinajstić information content (AvgIpc) is 3.57. The predicted octanol–water partition coefficient (Wildman–Crippen LogP) is -0.973. The lowest BCUT2D eigenvalue weighted by Gasteiger charge is -2.63. The van der Waals surface area contributed by atoms with Gasteiger partial charge in [-0.1, -0.05) is 0 Å². The van der Waals surface area contributed by atoms with E-state index in [2.05, 4.69) is 0 Å².